The van der Waals surface area contributed by atoms with E-state index in [1.54, 1.807) is 7.11 Å². The number of furan rings is 1. The van der Waals surface area contributed by atoms with Crippen LogP contribution < -0.4 is 4.74 Å². The molecule has 2 rings (SSSR count). The van der Waals surface area contributed by atoms with Crippen molar-refractivity contribution in [1.82, 2.24) is 4.90 Å². The molecule has 0 atom stereocenters. The highest BCUT2D eigenvalue weighted by Crippen LogP contribution is 2.28. The van der Waals surface area contributed by atoms with Crippen molar-refractivity contribution in [2.75, 3.05) is 21.2 Å². The van der Waals surface area contributed by atoms with E-state index in [1.165, 1.54) is 0 Å². The first kappa shape index (κ1) is 12.6. The van der Waals surface area contributed by atoms with E-state index in [1.807, 2.05) is 32.3 Å². The molecule has 0 fully saturated rings. The third-order valence-electron chi connectivity index (χ3n) is 2.86. The highest BCUT2D eigenvalue weighted by atomic mass is 16.5. The fourth-order valence-electron chi connectivity index (χ4n) is 1.96. The minimum absolute atomic E-state index is 0.814. The van der Waals surface area contributed by atoms with Gasteiger partial charge in [-0.05, 0) is 24.6 Å². The van der Waals surface area contributed by atoms with Gasteiger partial charge in [0.1, 0.15) is 11.3 Å². The monoisotopic (exact) mass is 245 g/mol. The van der Waals surface area contributed by atoms with Gasteiger partial charge in [0.2, 0.25) is 0 Å². The topological polar surface area (TPSA) is 25.6 Å². The SMILES string of the molecule is CC/C=C(/c1cc2ccc(OC)cc2o1)N(C)C. The fraction of sp³-hybridized carbons (Fsp3) is 0.333. The van der Waals surface area contributed by atoms with Crippen molar-refractivity contribution >= 4 is 16.7 Å². The summed E-state index contributed by atoms with van der Waals surface area (Å²) in [6.07, 6.45) is 3.14. The Morgan fingerprint density at radius 1 is 1.33 bits per heavy atom. The van der Waals surface area contributed by atoms with Crippen LogP contribution in [0.1, 0.15) is 19.1 Å². The summed E-state index contributed by atoms with van der Waals surface area (Å²) in [5, 5.41) is 1.09. The van der Waals surface area contributed by atoms with Gasteiger partial charge in [-0.3, -0.25) is 0 Å². The van der Waals surface area contributed by atoms with E-state index in [9.17, 15) is 0 Å². The van der Waals surface area contributed by atoms with Gasteiger partial charge in [0.15, 0.2) is 5.76 Å². The molecule has 18 heavy (non-hydrogen) atoms. The first-order valence-electron chi connectivity index (χ1n) is 6.11. The highest BCUT2D eigenvalue weighted by Gasteiger charge is 2.10. The number of allylic oxidation sites excluding steroid dienone is 1. The second-order valence-corrected chi connectivity index (χ2v) is 4.41. The Balaban J connectivity index is 2.49. The minimum atomic E-state index is 0.814. The lowest BCUT2D eigenvalue weighted by Gasteiger charge is -2.14. The van der Waals surface area contributed by atoms with Crippen molar-refractivity contribution in [2.24, 2.45) is 0 Å². The summed E-state index contributed by atoms with van der Waals surface area (Å²) >= 11 is 0. The summed E-state index contributed by atoms with van der Waals surface area (Å²) in [6.45, 7) is 2.12. The minimum Gasteiger partial charge on any atom is -0.497 e. The smallest absolute Gasteiger partial charge is 0.151 e. The van der Waals surface area contributed by atoms with E-state index in [0.29, 0.717) is 0 Å². The maximum absolute atomic E-state index is 5.90. The van der Waals surface area contributed by atoms with Crippen LogP contribution in [-0.2, 0) is 0 Å². The van der Waals surface area contributed by atoms with Gasteiger partial charge in [-0.15, -0.1) is 0 Å². The van der Waals surface area contributed by atoms with E-state index in [2.05, 4.69) is 24.0 Å². The Bertz CT molecular complexity index is 567. The van der Waals surface area contributed by atoms with Crippen molar-refractivity contribution in [3.05, 3.63) is 36.1 Å². The Morgan fingerprint density at radius 3 is 2.72 bits per heavy atom. The number of hydrogen-bond acceptors (Lipinski definition) is 3. The van der Waals surface area contributed by atoms with Crippen molar-refractivity contribution in [3.63, 3.8) is 0 Å². The number of methoxy groups -OCH3 is 1. The van der Waals surface area contributed by atoms with Crippen LogP contribution >= 0.6 is 0 Å². The van der Waals surface area contributed by atoms with E-state index in [4.69, 9.17) is 9.15 Å². The van der Waals surface area contributed by atoms with Gasteiger partial charge in [0.25, 0.3) is 0 Å². The number of ether oxygens (including phenoxy) is 1. The van der Waals surface area contributed by atoms with Crippen LogP contribution in [0.2, 0.25) is 0 Å². The van der Waals surface area contributed by atoms with E-state index < -0.39 is 0 Å². The molecule has 0 N–H and O–H groups in total. The molecular weight excluding hydrogens is 226 g/mol. The number of fused-ring (bicyclic) bond motifs is 1. The van der Waals surface area contributed by atoms with Crippen LogP contribution in [0.15, 0.2) is 34.8 Å². The second kappa shape index (κ2) is 5.17. The zero-order chi connectivity index (χ0) is 13.1. The quantitative estimate of drug-likeness (QED) is 0.820. The third-order valence-corrected chi connectivity index (χ3v) is 2.86. The van der Waals surface area contributed by atoms with Crippen LogP contribution in [-0.4, -0.2) is 26.1 Å². The average Bonchev–Trinajstić information content (AvgIpc) is 2.77. The Labute approximate surface area is 108 Å². The second-order valence-electron chi connectivity index (χ2n) is 4.41. The van der Waals surface area contributed by atoms with Crippen molar-refractivity contribution in [1.29, 1.82) is 0 Å². The summed E-state index contributed by atoms with van der Waals surface area (Å²) in [5.74, 6) is 1.71. The molecule has 3 nitrogen and oxygen atoms in total. The Morgan fingerprint density at radius 2 is 2.11 bits per heavy atom. The van der Waals surface area contributed by atoms with Gasteiger partial charge in [0, 0.05) is 25.5 Å². The van der Waals surface area contributed by atoms with Gasteiger partial charge < -0.3 is 14.1 Å². The lowest BCUT2D eigenvalue weighted by molar-refractivity contribution is 0.414. The zero-order valence-electron chi connectivity index (χ0n) is 11.4. The fourth-order valence-corrected chi connectivity index (χ4v) is 1.96. The summed E-state index contributed by atoms with van der Waals surface area (Å²) in [6, 6.07) is 7.94. The predicted octanol–water partition coefficient (Wildman–Crippen LogP) is 3.75. The molecule has 0 saturated carbocycles. The van der Waals surface area contributed by atoms with Crippen molar-refractivity contribution in [2.45, 2.75) is 13.3 Å². The Kier molecular flexibility index (Phi) is 3.60. The summed E-state index contributed by atoms with van der Waals surface area (Å²) in [4.78, 5) is 2.07. The Hall–Kier alpha value is -1.90. The molecule has 1 aromatic heterocycles. The summed E-state index contributed by atoms with van der Waals surface area (Å²) in [7, 11) is 5.71. The van der Waals surface area contributed by atoms with Gasteiger partial charge in [-0.1, -0.05) is 13.0 Å². The normalized spacial score (nSPS) is 11.9. The standard InChI is InChI=1S/C15H19NO2/c1-5-6-13(16(2)3)15-9-11-7-8-12(17-4)10-14(11)18-15/h6-10H,5H2,1-4H3/b13-6-. The first-order chi connectivity index (χ1) is 8.65. The van der Waals surface area contributed by atoms with Crippen molar-refractivity contribution < 1.29 is 9.15 Å². The number of hydrogen-bond donors (Lipinski definition) is 0. The predicted molar refractivity (Wildman–Crippen MR) is 74.7 cm³/mol. The molecule has 0 saturated heterocycles. The lowest BCUT2D eigenvalue weighted by Crippen LogP contribution is -2.09. The molecule has 1 aromatic carbocycles. The molecule has 2 aromatic rings. The summed E-state index contributed by atoms with van der Waals surface area (Å²) in [5.41, 5.74) is 1.96. The third kappa shape index (κ3) is 2.35. The van der Waals surface area contributed by atoms with E-state index in [0.717, 1.165) is 34.6 Å². The number of benzene rings is 1. The number of nitrogens with zero attached hydrogens (tertiary/aromatic N) is 1. The molecule has 0 bridgehead atoms. The molecule has 0 unspecified atom stereocenters. The van der Waals surface area contributed by atoms with Crippen LogP contribution in [0, 0.1) is 0 Å². The van der Waals surface area contributed by atoms with Crippen molar-refractivity contribution in [3.8, 4) is 5.75 Å². The molecule has 0 aliphatic carbocycles. The zero-order valence-corrected chi connectivity index (χ0v) is 11.4. The van der Waals surface area contributed by atoms with E-state index >= 15 is 0 Å². The molecule has 0 aliphatic rings. The van der Waals surface area contributed by atoms with Crippen LogP contribution in [0.25, 0.3) is 16.7 Å². The maximum Gasteiger partial charge on any atom is 0.151 e. The van der Waals surface area contributed by atoms with Gasteiger partial charge >= 0.3 is 0 Å². The van der Waals surface area contributed by atoms with Gasteiger partial charge in [-0.2, -0.15) is 0 Å². The molecular formula is C15H19NO2. The van der Waals surface area contributed by atoms with Crippen LogP contribution in [0.4, 0.5) is 0 Å². The molecule has 0 aliphatic heterocycles. The highest BCUT2D eigenvalue weighted by molar-refractivity contribution is 5.82. The van der Waals surface area contributed by atoms with Gasteiger partial charge in [0.05, 0.1) is 12.8 Å². The number of rotatable bonds is 4. The molecule has 0 amide bonds. The molecule has 96 valence electrons. The van der Waals surface area contributed by atoms with Crippen LogP contribution in [0.3, 0.4) is 0 Å². The maximum atomic E-state index is 5.90. The molecule has 3 heteroatoms. The molecule has 0 radical (unpaired) electrons. The van der Waals surface area contributed by atoms with Gasteiger partial charge in [-0.25, -0.2) is 0 Å². The molecule has 0 spiro atoms. The molecule has 1 heterocycles. The van der Waals surface area contributed by atoms with E-state index in [-0.39, 0.29) is 0 Å². The van der Waals surface area contributed by atoms with Crippen LogP contribution in [0.5, 0.6) is 5.75 Å². The summed E-state index contributed by atoms with van der Waals surface area (Å²) < 4.78 is 11.1. The average molecular weight is 245 g/mol. The first-order valence-corrected chi connectivity index (χ1v) is 6.11. The lowest BCUT2D eigenvalue weighted by atomic mass is 10.2. The largest absolute Gasteiger partial charge is 0.497 e.